The van der Waals surface area contributed by atoms with Gasteiger partial charge in [0.15, 0.2) is 0 Å². The molecule has 2 rings (SSSR count). The van der Waals surface area contributed by atoms with Gasteiger partial charge in [0.2, 0.25) is 5.88 Å². The summed E-state index contributed by atoms with van der Waals surface area (Å²) in [5.41, 5.74) is -0.0241. The Morgan fingerprint density at radius 3 is 3.00 bits per heavy atom. The summed E-state index contributed by atoms with van der Waals surface area (Å²) in [4.78, 5) is 13.9. The van der Waals surface area contributed by atoms with Gasteiger partial charge in [-0.2, -0.15) is 0 Å². The first-order valence-electron chi connectivity index (χ1n) is 5.67. The minimum absolute atomic E-state index is 0.0199. The Labute approximate surface area is 99.2 Å². The van der Waals surface area contributed by atoms with Crippen molar-refractivity contribution < 1.29 is 9.66 Å². The summed E-state index contributed by atoms with van der Waals surface area (Å²) >= 11 is 0. The van der Waals surface area contributed by atoms with Crippen molar-refractivity contribution in [3.05, 3.63) is 28.4 Å². The molecule has 1 N–H and O–H groups in total. The number of nitrogens with zero attached hydrogens (tertiary/aromatic N) is 2. The minimum Gasteiger partial charge on any atom is -0.473 e. The molecule has 0 aliphatic carbocycles. The fourth-order valence-electron chi connectivity index (χ4n) is 1.93. The first kappa shape index (κ1) is 11.8. The maximum Gasteiger partial charge on any atom is 0.287 e. The quantitative estimate of drug-likeness (QED) is 0.634. The lowest BCUT2D eigenvalue weighted by Crippen LogP contribution is -2.36. The van der Waals surface area contributed by atoms with Crippen LogP contribution in [0.25, 0.3) is 0 Å². The summed E-state index contributed by atoms with van der Waals surface area (Å²) in [7, 11) is 0. The number of hydrogen-bond acceptors (Lipinski definition) is 5. The summed E-state index contributed by atoms with van der Waals surface area (Å²) in [5.74, 6) is 0.428. The first-order chi connectivity index (χ1) is 8.16. The van der Waals surface area contributed by atoms with Crippen LogP contribution >= 0.6 is 0 Å². The van der Waals surface area contributed by atoms with Crippen molar-refractivity contribution in [3.8, 4) is 5.88 Å². The van der Waals surface area contributed by atoms with Gasteiger partial charge in [-0.1, -0.05) is 0 Å². The number of rotatable bonds is 4. The molecule has 6 heteroatoms. The topological polar surface area (TPSA) is 77.3 Å². The molecule has 2 atom stereocenters. The van der Waals surface area contributed by atoms with Gasteiger partial charge in [0.05, 0.1) is 4.92 Å². The number of ether oxygens (including phenoxy) is 1. The van der Waals surface area contributed by atoms with Crippen LogP contribution in [0.1, 0.15) is 19.8 Å². The van der Waals surface area contributed by atoms with E-state index in [0.29, 0.717) is 11.9 Å². The number of pyridine rings is 1. The second kappa shape index (κ2) is 5.09. The largest absolute Gasteiger partial charge is 0.473 e. The van der Waals surface area contributed by atoms with E-state index in [2.05, 4.69) is 10.3 Å². The zero-order chi connectivity index (χ0) is 12.3. The van der Waals surface area contributed by atoms with Gasteiger partial charge in [0, 0.05) is 18.2 Å². The molecule has 1 fully saturated rings. The highest BCUT2D eigenvalue weighted by Crippen LogP contribution is 2.17. The molecular weight excluding hydrogens is 222 g/mol. The Kier molecular flexibility index (Phi) is 3.53. The van der Waals surface area contributed by atoms with Crippen LogP contribution in [0, 0.1) is 10.1 Å². The van der Waals surface area contributed by atoms with Crippen molar-refractivity contribution in [1.29, 1.82) is 0 Å². The second-order valence-electron chi connectivity index (χ2n) is 4.14. The molecule has 0 spiro atoms. The van der Waals surface area contributed by atoms with Gasteiger partial charge in [-0.25, -0.2) is 4.98 Å². The van der Waals surface area contributed by atoms with E-state index in [9.17, 15) is 10.1 Å². The van der Waals surface area contributed by atoms with Gasteiger partial charge in [-0.15, -0.1) is 0 Å². The van der Waals surface area contributed by atoms with E-state index in [4.69, 9.17) is 4.74 Å². The molecule has 0 amide bonds. The van der Waals surface area contributed by atoms with Crippen LogP contribution < -0.4 is 10.1 Å². The summed E-state index contributed by atoms with van der Waals surface area (Å²) < 4.78 is 5.64. The van der Waals surface area contributed by atoms with Crippen LogP contribution in [0.4, 0.5) is 5.69 Å². The predicted octanol–water partition coefficient (Wildman–Crippen LogP) is 1.51. The average molecular weight is 237 g/mol. The maximum atomic E-state index is 10.5. The third-order valence-electron chi connectivity index (χ3n) is 2.90. The fraction of sp³-hybridized carbons (Fsp3) is 0.545. The molecule has 0 bridgehead atoms. The zero-order valence-corrected chi connectivity index (χ0v) is 9.63. The lowest BCUT2D eigenvalue weighted by molar-refractivity contribution is -0.385. The molecule has 0 radical (unpaired) electrons. The number of hydrogen-bond donors (Lipinski definition) is 1. The van der Waals surface area contributed by atoms with Crippen molar-refractivity contribution in [2.75, 3.05) is 6.54 Å². The fourth-order valence-corrected chi connectivity index (χ4v) is 1.93. The van der Waals surface area contributed by atoms with Gasteiger partial charge in [0.1, 0.15) is 12.3 Å². The van der Waals surface area contributed by atoms with E-state index in [1.165, 1.54) is 18.3 Å². The van der Waals surface area contributed by atoms with Gasteiger partial charge < -0.3 is 10.1 Å². The summed E-state index contributed by atoms with van der Waals surface area (Å²) in [6.45, 7) is 3.00. The molecule has 1 aliphatic heterocycles. The Morgan fingerprint density at radius 1 is 1.65 bits per heavy atom. The van der Waals surface area contributed by atoms with Crippen LogP contribution in [0.2, 0.25) is 0 Å². The minimum atomic E-state index is -0.473. The number of aromatic nitrogens is 1. The zero-order valence-electron chi connectivity index (χ0n) is 9.63. The van der Waals surface area contributed by atoms with Crippen molar-refractivity contribution in [2.24, 2.45) is 0 Å². The Hall–Kier alpha value is -1.69. The van der Waals surface area contributed by atoms with Gasteiger partial charge in [-0.05, 0) is 26.3 Å². The molecule has 92 valence electrons. The molecule has 17 heavy (non-hydrogen) atoms. The van der Waals surface area contributed by atoms with E-state index in [0.717, 1.165) is 19.4 Å². The van der Waals surface area contributed by atoms with E-state index in [1.807, 2.05) is 6.92 Å². The SMILES string of the molecule is CC(Oc1ccc([N+](=O)[O-])cn1)C1CCCN1. The lowest BCUT2D eigenvalue weighted by atomic mass is 10.1. The highest BCUT2D eigenvalue weighted by atomic mass is 16.6. The Bertz CT molecular complexity index is 387. The van der Waals surface area contributed by atoms with Gasteiger partial charge in [-0.3, -0.25) is 10.1 Å². The average Bonchev–Trinajstić information content (AvgIpc) is 2.83. The Balaban J connectivity index is 1.96. The van der Waals surface area contributed by atoms with Crippen LogP contribution in [0.15, 0.2) is 18.3 Å². The highest BCUT2D eigenvalue weighted by molar-refractivity contribution is 5.28. The van der Waals surface area contributed by atoms with Crippen LogP contribution in [0.3, 0.4) is 0 Å². The maximum absolute atomic E-state index is 10.5. The highest BCUT2D eigenvalue weighted by Gasteiger charge is 2.22. The lowest BCUT2D eigenvalue weighted by Gasteiger charge is -2.20. The summed E-state index contributed by atoms with van der Waals surface area (Å²) in [5, 5.41) is 13.8. The van der Waals surface area contributed by atoms with E-state index < -0.39 is 4.92 Å². The van der Waals surface area contributed by atoms with Crippen molar-refractivity contribution in [2.45, 2.75) is 31.9 Å². The third-order valence-corrected chi connectivity index (χ3v) is 2.90. The smallest absolute Gasteiger partial charge is 0.287 e. The monoisotopic (exact) mass is 237 g/mol. The molecule has 0 aromatic carbocycles. The summed E-state index contributed by atoms with van der Waals surface area (Å²) in [6.07, 6.45) is 3.48. The van der Waals surface area contributed by atoms with Gasteiger partial charge in [0.25, 0.3) is 5.69 Å². The molecule has 0 saturated carbocycles. The van der Waals surface area contributed by atoms with Crippen molar-refractivity contribution in [3.63, 3.8) is 0 Å². The van der Waals surface area contributed by atoms with Gasteiger partial charge >= 0.3 is 0 Å². The van der Waals surface area contributed by atoms with E-state index in [-0.39, 0.29) is 11.8 Å². The summed E-state index contributed by atoms with van der Waals surface area (Å²) in [6, 6.07) is 3.27. The normalized spacial score (nSPS) is 21.1. The molecule has 6 nitrogen and oxygen atoms in total. The third kappa shape index (κ3) is 2.91. The first-order valence-corrected chi connectivity index (χ1v) is 5.67. The van der Waals surface area contributed by atoms with E-state index in [1.54, 1.807) is 0 Å². The Morgan fingerprint density at radius 2 is 2.47 bits per heavy atom. The van der Waals surface area contributed by atoms with E-state index >= 15 is 0 Å². The predicted molar refractivity (Wildman–Crippen MR) is 62.0 cm³/mol. The van der Waals surface area contributed by atoms with Crippen LogP contribution in [-0.2, 0) is 0 Å². The molecule has 1 aromatic rings. The molecule has 1 aromatic heterocycles. The molecule has 1 saturated heterocycles. The molecule has 2 unspecified atom stereocenters. The van der Waals surface area contributed by atoms with Crippen LogP contribution in [0.5, 0.6) is 5.88 Å². The second-order valence-corrected chi connectivity index (χ2v) is 4.14. The van der Waals surface area contributed by atoms with Crippen molar-refractivity contribution in [1.82, 2.24) is 10.3 Å². The number of nitro groups is 1. The van der Waals surface area contributed by atoms with Crippen LogP contribution in [-0.4, -0.2) is 28.6 Å². The molecular formula is C11H15N3O3. The standard InChI is InChI=1S/C11H15N3O3/c1-8(10-3-2-6-12-10)17-11-5-4-9(7-13-11)14(15)16/h4-5,7-8,10,12H,2-3,6H2,1H3. The molecule has 1 aliphatic rings. The number of nitrogens with one attached hydrogen (secondary N) is 1. The van der Waals surface area contributed by atoms with Crippen molar-refractivity contribution >= 4 is 5.69 Å². The molecule has 2 heterocycles.